The first-order valence-electron chi connectivity index (χ1n) is 6.13. The van der Waals surface area contributed by atoms with Crippen LogP contribution in [-0.2, 0) is 9.59 Å². The van der Waals surface area contributed by atoms with Crippen LogP contribution in [0.25, 0.3) is 0 Å². The van der Waals surface area contributed by atoms with Gasteiger partial charge in [-0.05, 0) is 25.0 Å². The second-order valence-corrected chi connectivity index (χ2v) is 4.66. The molecule has 1 amide bonds. The number of hydrogen-bond donors (Lipinski definition) is 0. The first-order chi connectivity index (χ1) is 8.59. The van der Waals surface area contributed by atoms with Gasteiger partial charge in [0.1, 0.15) is 11.6 Å². The van der Waals surface area contributed by atoms with Crippen LogP contribution in [0, 0.1) is 11.7 Å². The second-order valence-electron chi connectivity index (χ2n) is 4.66. The first kappa shape index (κ1) is 12.7. The van der Waals surface area contributed by atoms with Gasteiger partial charge in [-0.3, -0.25) is 9.59 Å². The lowest BCUT2D eigenvalue weighted by atomic mass is 9.87. The number of benzene rings is 1. The van der Waals surface area contributed by atoms with E-state index in [1.54, 1.807) is 25.2 Å². The third-order valence-electron chi connectivity index (χ3n) is 3.44. The number of carbonyl (C=O) groups is 2. The minimum atomic E-state index is -0.403. The molecule has 2 rings (SSSR count). The predicted octanol–water partition coefficient (Wildman–Crippen LogP) is 2.55. The number of rotatable bonds is 2. The van der Waals surface area contributed by atoms with Gasteiger partial charge in [-0.25, -0.2) is 4.39 Å². The minimum absolute atomic E-state index is 0.104. The molecule has 1 saturated carbocycles. The monoisotopic (exact) mass is 249 g/mol. The summed E-state index contributed by atoms with van der Waals surface area (Å²) >= 11 is 0. The molecule has 0 atom stereocenters. The minimum Gasteiger partial charge on any atom is -0.313 e. The van der Waals surface area contributed by atoms with Gasteiger partial charge in [0.05, 0.1) is 5.69 Å². The summed E-state index contributed by atoms with van der Waals surface area (Å²) in [5, 5.41) is 0. The molecule has 0 N–H and O–H groups in total. The Morgan fingerprint density at radius 3 is 2.50 bits per heavy atom. The fourth-order valence-corrected chi connectivity index (χ4v) is 2.30. The van der Waals surface area contributed by atoms with E-state index in [4.69, 9.17) is 0 Å². The first-order valence-corrected chi connectivity index (χ1v) is 6.13. The van der Waals surface area contributed by atoms with Crippen molar-refractivity contribution in [3.8, 4) is 0 Å². The predicted molar refractivity (Wildman–Crippen MR) is 66.8 cm³/mol. The van der Waals surface area contributed by atoms with Gasteiger partial charge in [-0.2, -0.15) is 0 Å². The van der Waals surface area contributed by atoms with Gasteiger partial charge >= 0.3 is 0 Å². The molecule has 1 aliphatic rings. The van der Waals surface area contributed by atoms with Crippen LogP contribution < -0.4 is 4.90 Å². The van der Waals surface area contributed by atoms with Gasteiger partial charge in [0.25, 0.3) is 0 Å². The summed E-state index contributed by atoms with van der Waals surface area (Å²) in [7, 11) is 1.58. The lowest BCUT2D eigenvalue weighted by molar-refractivity contribution is -0.126. The zero-order valence-corrected chi connectivity index (χ0v) is 10.4. The van der Waals surface area contributed by atoms with Crippen molar-refractivity contribution < 1.29 is 14.0 Å². The molecule has 4 heteroatoms. The quantitative estimate of drug-likeness (QED) is 0.807. The highest BCUT2D eigenvalue weighted by Gasteiger charge is 2.28. The molecule has 96 valence electrons. The van der Waals surface area contributed by atoms with E-state index < -0.39 is 5.82 Å². The zero-order chi connectivity index (χ0) is 13.1. The number of carbonyl (C=O) groups excluding carboxylic acids is 2. The van der Waals surface area contributed by atoms with E-state index in [0.717, 1.165) is 0 Å². The van der Waals surface area contributed by atoms with Gasteiger partial charge in [0, 0.05) is 25.8 Å². The summed E-state index contributed by atoms with van der Waals surface area (Å²) in [4.78, 5) is 24.7. The standard InChI is InChI=1S/C14H16FNO2/c1-16(13-5-3-2-4-12(13)15)14(18)10-6-8-11(17)9-7-10/h2-5,10H,6-9H2,1H3. The Morgan fingerprint density at radius 1 is 1.28 bits per heavy atom. The van der Waals surface area contributed by atoms with E-state index >= 15 is 0 Å². The zero-order valence-electron chi connectivity index (χ0n) is 10.4. The Labute approximate surface area is 106 Å². The molecule has 0 saturated heterocycles. The van der Waals surface area contributed by atoms with Crippen molar-refractivity contribution in [2.75, 3.05) is 11.9 Å². The molecule has 0 heterocycles. The molecule has 0 bridgehead atoms. The van der Waals surface area contributed by atoms with Crippen molar-refractivity contribution in [3.63, 3.8) is 0 Å². The van der Waals surface area contributed by atoms with Gasteiger partial charge in [-0.15, -0.1) is 0 Å². The normalized spacial score (nSPS) is 16.7. The number of halogens is 1. The average Bonchev–Trinajstić information content (AvgIpc) is 2.38. The molecule has 3 nitrogen and oxygen atoms in total. The highest BCUT2D eigenvalue weighted by atomic mass is 19.1. The maximum atomic E-state index is 13.6. The molecule has 0 radical (unpaired) electrons. The Kier molecular flexibility index (Phi) is 3.75. The molecule has 0 spiro atoms. The molecular weight excluding hydrogens is 233 g/mol. The number of hydrogen-bond acceptors (Lipinski definition) is 2. The van der Waals surface area contributed by atoms with Crippen LogP contribution in [0.4, 0.5) is 10.1 Å². The molecule has 1 aliphatic carbocycles. The van der Waals surface area contributed by atoms with E-state index in [-0.39, 0.29) is 17.6 Å². The van der Waals surface area contributed by atoms with Crippen molar-refractivity contribution >= 4 is 17.4 Å². The van der Waals surface area contributed by atoms with Crippen LogP contribution in [0.1, 0.15) is 25.7 Å². The fraction of sp³-hybridized carbons (Fsp3) is 0.429. The van der Waals surface area contributed by atoms with Crippen LogP contribution in [0.15, 0.2) is 24.3 Å². The number of amides is 1. The van der Waals surface area contributed by atoms with Crippen molar-refractivity contribution in [3.05, 3.63) is 30.1 Å². The van der Waals surface area contributed by atoms with Crippen molar-refractivity contribution in [1.82, 2.24) is 0 Å². The topological polar surface area (TPSA) is 37.4 Å². The number of anilines is 1. The SMILES string of the molecule is CN(C(=O)C1CCC(=O)CC1)c1ccccc1F. The summed E-state index contributed by atoms with van der Waals surface area (Å²) in [5.74, 6) is -0.451. The summed E-state index contributed by atoms with van der Waals surface area (Å²) in [6, 6.07) is 6.22. The maximum absolute atomic E-state index is 13.6. The lowest BCUT2D eigenvalue weighted by Gasteiger charge is -2.26. The number of ketones is 1. The number of Topliss-reactive ketones (excluding diaryl/α,β-unsaturated/α-hetero) is 1. The van der Waals surface area contributed by atoms with E-state index in [9.17, 15) is 14.0 Å². The van der Waals surface area contributed by atoms with Crippen LogP contribution in [0.2, 0.25) is 0 Å². The highest BCUT2D eigenvalue weighted by molar-refractivity contribution is 5.95. The number of para-hydroxylation sites is 1. The summed E-state index contributed by atoms with van der Waals surface area (Å²) in [6.45, 7) is 0. The Morgan fingerprint density at radius 2 is 1.89 bits per heavy atom. The van der Waals surface area contributed by atoms with E-state index in [2.05, 4.69) is 0 Å². The summed E-state index contributed by atoms with van der Waals surface area (Å²) < 4.78 is 13.6. The number of nitrogens with zero attached hydrogens (tertiary/aromatic N) is 1. The van der Waals surface area contributed by atoms with Gasteiger partial charge in [-0.1, -0.05) is 12.1 Å². The van der Waals surface area contributed by atoms with E-state index in [1.807, 2.05) is 0 Å². The van der Waals surface area contributed by atoms with Crippen molar-refractivity contribution in [2.24, 2.45) is 5.92 Å². The van der Waals surface area contributed by atoms with Crippen molar-refractivity contribution in [2.45, 2.75) is 25.7 Å². The molecule has 18 heavy (non-hydrogen) atoms. The largest absolute Gasteiger partial charge is 0.313 e. The Hall–Kier alpha value is -1.71. The molecule has 0 aromatic heterocycles. The van der Waals surface area contributed by atoms with Crippen LogP contribution in [0.5, 0.6) is 0 Å². The molecule has 0 unspecified atom stereocenters. The van der Waals surface area contributed by atoms with Crippen LogP contribution in [-0.4, -0.2) is 18.7 Å². The Bertz CT molecular complexity index is 463. The van der Waals surface area contributed by atoms with Gasteiger partial charge < -0.3 is 4.90 Å². The summed E-state index contributed by atoms with van der Waals surface area (Å²) in [6.07, 6.45) is 2.08. The molecule has 1 aromatic rings. The highest BCUT2D eigenvalue weighted by Crippen LogP contribution is 2.26. The molecule has 0 aliphatic heterocycles. The van der Waals surface area contributed by atoms with Crippen molar-refractivity contribution in [1.29, 1.82) is 0 Å². The molecular formula is C14H16FNO2. The van der Waals surface area contributed by atoms with Gasteiger partial charge in [0.2, 0.25) is 5.91 Å². The fourth-order valence-electron chi connectivity index (χ4n) is 2.30. The maximum Gasteiger partial charge on any atom is 0.229 e. The van der Waals surface area contributed by atoms with Crippen LogP contribution >= 0.6 is 0 Å². The van der Waals surface area contributed by atoms with E-state index in [0.29, 0.717) is 31.4 Å². The summed E-state index contributed by atoms with van der Waals surface area (Å²) in [5.41, 5.74) is 0.291. The van der Waals surface area contributed by atoms with E-state index in [1.165, 1.54) is 11.0 Å². The average molecular weight is 249 g/mol. The lowest BCUT2D eigenvalue weighted by Crippen LogP contribution is -2.35. The van der Waals surface area contributed by atoms with Gasteiger partial charge in [0.15, 0.2) is 0 Å². The van der Waals surface area contributed by atoms with Crippen LogP contribution in [0.3, 0.4) is 0 Å². The second kappa shape index (κ2) is 5.29. The third-order valence-corrected chi connectivity index (χ3v) is 3.44. The third kappa shape index (κ3) is 2.58. The smallest absolute Gasteiger partial charge is 0.229 e. The Balaban J connectivity index is 2.09. The molecule has 1 fully saturated rings. The molecule has 1 aromatic carbocycles.